The van der Waals surface area contributed by atoms with Gasteiger partial charge in [0.25, 0.3) is 0 Å². The van der Waals surface area contributed by atoms with Gasteiger partial charge in [0.2, 0.25) is 0 Å². The van der Waals surface area contributed by atoms with Gasteiger partial charge in [-0.25, -0.2) is 5.48 Å². The zero-order valence-electron chi connectivity index (χ0n) is 18.8. The summed E-state index contributed by atoms with van der Waals surface area (Å²) in [4.78, 5) is 6.06. The molecule has 0 aliphatic carbocycles. The van der Waals surface area contributed by atoms with Crippen molar-refractivity contribution < 1.29 is 23.8 Å². The Hall–Kier alpha value is 0.620. The molecule has 0 saturated heterocycles. The molecule has 0 fully saturated rings. The van der Waals surface area contributed by atoms with Crippen LogP contribution in [0, 0.1) is 0 Å². The molecule has 0 spiro atoms. The first-order valence-electron chi connectivity index (χ1n) is 10.2. The lowest BCUT2D eigenvalue weighted by Crippen LogP contribution is -2.42. The Kier molecular flexibility index (Phi) is 14.9. The Morgan fingerprint density at radius 3 is 1.30 bits per heavy atom. The van der Waals surface area contributed by atoms with Crippen molar-refractivity contribution in [1.29, 1.82) is 0 Å². The standard InChI is InChI=1S/C19H43NO5P2/c1-10-20-25-17(15(6)26-18(8,21-11-2)22-12-3)16(7)27-19(9,23-13-4)24-14-5/h15-17,20,26-27H,10-14H2,1-9H3. The van der Waals surface area contributed by atoms with Gasteiger partial charge in [0.05, 0.1) is 6.10 Å². The average molecular weight is 428 g/mol. The van der Waals surface area contributed by atoms with Crippen LogP contribution in [0.2, 0.25) is 0 Å². The van der Waals surface area contributed by atoms with Gasteiger partial charge in [-0.3, -0.25) is 4.84 Å². The molecule has 4 unspecified atom stereocenters. The van der Waals surface area contributed by atoms with Gasteiger partial charge in [0, 0.05) is 44.3 Å². The van der Waals surface area contributed by atoms with E-state index < -0.39 is 11.1 Å². The second-order valence-electron chi connectivity index (χ2n) is 6.57. The molecule has 0 rings (SSSR count). The minimum atomic E-state index is -0.581. The average Bonchev–Trinajstić information content (AvgIpc) is 2.55. The molecular weight excluding hydrogens is 384 g/mol. The van der Waals surface area contributed by atoms with Crippen LogP contribution >= 0.6 is 17.2 Å². The van der Waals surface area contributed by atoms with Gasteiger partial charge in [-0.05, 0) is 41.5 Å². The molecule has 6 nitrogen and oxygen atoms in total. The van der Waals surface area contributed by atoms with Gasteiger partial charge in [0.1, 0.15) is 0 Å². The molecule has 0 bridgehead atoms. The normalized spacial score (nSPS) is 17.2. The van der Waals surface area contributed by atoms with Gasteiger partial charge in [0.15, 0.2) is 11.1 Å². The summed E-state index contributed by atoms with van der Waals surface area (Å²) in [6.07, 6.45) is 0.00194. The SMILES string of the molecule is CCNOC(C(C)PC(C)(OCC)OCC)C(C)PC(C)(OCC)OCC. The van der Waals surface area contributed by atoms with Crippen molar-refractivity contribution >= 4 is 17.2 Å². The molecule has 164 valence electrons. The van der Waals surface area contributed by atoms with Crippen LogP contribution in [0.5, 0.6) is 0 Å². The maximum absolute atomic E-state index is 6.06. The largest absolute Gasteiger partial charge is 0.347 e. The number of hydrogen-bond donors (Lipinski definition) is 1. The molecule has 0 heterocycles. The number of hydrogen-bond acceptors (Lipinski definition) is 6. The summed E-state index contributed by atoms with van der Waals surface area (Å²) < 4.78 is 23.7. The van der Waals surface area contributed by atoms with Crippen molar-refractivity contribution in [3.8, 4) is 0 Å². The smallest absolute Gasteiger partial charge is 0.181 e. The first kappa shape index (κ1) is 27.6. The van der Waals surface area contributed by atoms with E-state index in [0.717, 1.165) is 6.54 Å². The van der Waals surface area contributed by atoms with Crippen LogP contribution in [0.25, 0.3) is 0 Å². The van der Waals surface area contributed by atoms with E-state index in [1.165, 1.54) is 0 Å². The van der Waals surface area contributed by atoms with Crippen LogP contribution in [-0.2, 0) is 23.8 Å². The first-order chi connectivity index (χ1) is 12.7. The molecule has 0 aliphatic heterocycles. The van der Waals surface area contributed by atoms with E-state index in [1.807, 2.05) is 48.5 Å². The summed E-state index contributed by atoms with van der Waals surface area (Å²) in [5, 5.41) is 0. The molecule has 0 radical (unpaired) electrons. The Morgan fingerprint density at radius 2 is 1.04 bits per heavy atom. The van der Waals surface area contributed by atoms with E-state index in [1.54, 1.807) is 0 Å². The van der Waals surface area contributed by atoms with Gasteiger partial charge in [-0.1, -0.05) is 37.9 Å². The Bertz CT molecular complexity index is 334. The highest BCUT2D eigenvalue weighted by Crippen LogP contribution is 2.46. The van der Waals surface area contributed by atoms with Crippen LogP contribution in [-0.4, -0.2) is 61.5 Å². The monoisotopic (exact) mass is 427 g/mol. The van der Waals surface area contributed by atoms with E-state index in [2.05, 4.69) is 19.3 Å². The van der Waals surface area contributed by atoms with Crippen molar-refractivity contribution in [2.45, 2.75) is 90.8 Å². The molecule has 0 aromatic heterocycles. The predicted octanol–water partition coefficient (Wildman–Crippen LogP) is 4.52. The van der Waals surface area contributed by atoms with E-state index in [0.29, 0.717) is 43.6 Å². The maximum Gasteiger partial charge on any atom is 0.181 e. The summed E-state index contributed by atoms with van der Waals surface area (Å²) in [7, 11) is 0.899. The lowest BCUT2D eigenvalue weighted by Gasteiger charge is -2.39. The third-order valence-electron chi connectivity index (χ3n) is 4.01. The number of rotatable bonds is 17. The van der Waals surface area contributed by atoms with Gasteiger partial charge >= 0.3 is 0 Å². The summed E-state index contributed by atoms with van der Waals surface area (Å²) in [5.41, 5.74) is 2.40. The second kappa shape index (κ2) is 14.6. The van der Waals surface area contributed by atoms with E-state index in [9.17, 15) is 0 Å². The Balaban J connectivity index is 5.25. The fraction of sp³-hybridized carbons (Fsp3) is 1.00. The highest BCUT2D eigenvalue weighted by Gasteiger charge is 2.37. The minimum absolute atomic E-state index is 0.00194. The lowest BCUT2D eigenvalue weighted by molar-refractivity contribution is -0.157. The van der Waals surface area contributed by atoms with E-state index >= 15 is 0 Å². The maximum atomic E-state index is 6.06. The molecular formula is C19H43NO5P2. The summed E-state index contributed by atoms with van der Waals surface area (Å²) in [5.74, 6) is 0. The van der Waals surface area contributed by atoms with Crippen molar-refractivity contribution in [2.75, 3.05) is 33.0 Å². The second-order valence-corrected chi connectivity index (χ2v) is 10.8. The summed E-state index contributed by atoms with van der Waals surface area (Å²) in [6.45, 7) is 21.7. The fourth-order valence-electron chi connectivity index (χ4n) is 3.16. The zero-order chi connectivity index (χ0) is 20.9. The Labute approximate surface area is 170 Å². The third-order valence-corrected chi connectivity index (χ3v) is 7.20. The van der Waals surface area contributed by atoms with Gasteiger partial charge in [-0.15, -0.1) is 0 Å². The van der Waals surface area contributed by atoms with Crippen LogP contribution < -0.4 is 5.48 Å². The van der Waals surface area contributed by atoms with Crippen molar-refractivity contribution in [2.24, 2.45) is 0 Å². The molecule has 0 aliphatic rings. The molecule has 0 amide bonds. The highest BCUT2D eigenvalue weighted by atomic mass is 31.1. The molecule has 27 heavy (non-hydrogen) atoms. The van der Waals surface area contributed by atoms with Crippen LogP contribution in [0.3, 0.4) is 0 Å². The van der Waals surface area contributed by atoms with E-state index in [4.69, 9.17) is 23.8 Å². The lowest BCUT2D eigenvalue weighted by atomic mass is 10.2. The first-order valence-corrected chi connectivity index (χ1v) is 12.4. The van der Waals surface area contributed by atoms with Crippen LogP contribution in [0.15, 0.2) is 0 Å². The minimum Gasteiger partial charge on any atom is -0.347 e. The Morgan fingerprint density at radius 1 is 0.704 bits per heavy atom. The number of ether oxygens (including phenoxy) is 4. The van der Waals surface area contributed by atoms with Crippen molar-refractivity contribution in [1.82, 2.24) is 5.48 Å². The van der Waals surface area contributed by atoms with Crippen LogP contribution in [0.1, 0.15) is 62.3 Å². The van der Waals surface area contributed by atoms with Crippen LogP contribution in [0.4, 0.5) is 0 Å². The topological polar surface area (TPSA) is 58.2 Å². The fourth-order valence-corrected chi connectivity index (χ4v) is 6.96. The number of hydroxylamine groups is 1. The highest BCUT2D eigenvalue weighted by molar-refractivity contribution is 7.41. The van der Waals surface area contributed by atoms with E-state index in [-0.39, 0.29) is 17.4 Å². The molecule has 0 saturated carbocycles. The zero-order valence-corrected chi connectivity index (χ0v) is 20.8. The molecule has 0 aromatic carbocycles. The predicted molar refractivity (Wildman–Crippen MR) is 117 cm³/mol. The van der Waals surface area contributed by atoms with Gasteiger partial charge in [-0.2, -0.15) is 0 Å². The summed E-state index contributed by atoms with van der Waals surface area (Å²) in [6, 6.07) is 0. The third kappa shape index (κ3) is 10.8. The molecule has 0 aromatic rings. The van der Waals surface area contributed by atoms with Crippen molar-refractivity contribution in [3.63, 3.8) is 0 Å². The van der Waals surface area contributed by atoms with Crippen molar-refractivity contribution in [3.05, 3.63) is 0 Å². The quantitative estimate of drug-likeness (QED) is 0.209. The molecule has 4 atom stereocenters. The molecule has 1 N–H and O–H groups in total. The summed E-state index contributed by atoms with van der Waals surface area (Å²) >= 11 is 0. The number of nitrogens with one attached hydrogen (secondary N) is 1. The van der Waals surface area contributed by atoms with Gasteiger partial charge < -0.3 is 18.9 Å². The molecule has 8 heteroatoms.